The van der Waals surface area contributed by atoms with Crippen molar-refractivity contribution in [2.24, 2.45) is 0 Å². The maximum absolute atomic E-state index is 13.3. The largest absolute Gasteiger partial charge is 0.478 e. The van der Waals surface area contributed by atoms with Crippen molar-refractivity contribution < 1.29 is 23.1 Å². The van der Waals surface area contributed by atoms with Crippen molar-refractivity contribution in [3.8, 4) is 0 Å². The van der Waals surface area contributed by atoms with Gasteiger partial charge in [-0.15, -0.1) is 0 Å². The van der Waals surface area contributed by atoms with Gasteiger partial charge in [0.1, 0.15) is 5.82 Å². The quantitative estimate of drug-likeness (QED) is 0.659. The minimum absolute atomic E-state index is 0.0373. The van der Waals surface area contributed by atoms with Crippen LogP contribution < -0.4 is 9.80 Å². The highest BCUT2D eigenvalue weighted by atomic mass is 35.5. The molecular weight excluding hydrogens is 421 g/mol. The van der Waals surface area contributed by atoms with Gasteiger partial charge in [0.2, 0.25) is 5.82 Å². The number of aromatic carboxylic acids is 1. The molecule has 10 heteroatoms. The molecular formula is C20H16ClF3N4O2. The van der Waals surface area contributed by atoms with Gasteiger partial charge in [0, 0.05) is 42.3 Å². The molecule has 156 valence electrons. The van der Waals surface area contributed by atoms with E-state index in [2.05, 4.69) is 14.9 Å². The van der Waals surface area contributed by atoms with E-state index in [-0.39, 0.29) is 22.3 Å². The van der Waals surface area contributed by atoms with Crippen LogP contribution in [0.5, 0.6) is 0 Å². The second-order valence-corrected chi connectivity index (χ2v) is 7.30. The lowest BCUT2D eigenvalue weighted by Gasteiger charge is -2.37. The maximum atomic E-state index is 13.3. The van der Waals surface area contributed by atoms with Gasteiger partial charge in [-0.1, -0.05) is 17.7 Å². The van der Waals surface area contributed by atoms with Crippen LogP contribution in [0.2, 0.25) is 5.02 Å². The van der Waals surface area contributed by atoms with E-state index in [1.807, 2.05) is 18.2 Å². The smallest absolute Gasteiger partial charge is 0.451 e. The molecule has 1 aliphatic heterocycles. The van der Waals surface area contributed by atoms with Crippen LogP contribution in [-0.2, 0) is 6.18 Å². The third-order valence-electron chi connectivity index (χ3n) is 4.93. The van der Waals surface area contributed by atoms with E-state index in [0.717, 1.165) is 5.69 Å². The minimum Gasteiger partial charge on any atom is -0.478 e. The molecule has 3 aromatic rings. The summed E-state index contributed by atoms with van der Waals surface area (Å²) in [5.41, 5.74) is 0.943. The molecule has 2 heterocycles. The van der Waals surface area contributed by atoms with Gasteiger partial charge in [-0.25, -0.2) is 14.8 Å². The number of anilines is 2. The van der Waals surface area contributed by atoms with Crippen LogP contribution in [0.25, 0.3) is 10.9 Å². The van der Waals surface area contributed by atoms with Gasteiger partial charge in [-0.2, -0.15) is 13.2 Å². The number of benzene rings is 2. The van der Waals surface area contributed by atoms with E-state index >= 15 is 0 Å². The van der Waals surface area contributed by atoms with Crippen molar-refractivity contribution in [2.45, 2.75) is 6.18 Å². The van der Waals surface area contributed by atoms with Crippen LogP contribution in [-0.4, -0.2) is 47.2 Å². The molecule has 0 saturated carbocycles. The number of nitrogens with zero attached hydrogens (tertiary/aromatic N) is 4. The van der Waals surface area contributed by atoms with Gasteiger partial charge >= 0.3 is 12.1 Å². The van der Waals surface area contributed by atoms with Crippen molar-refractivity contribution >= 4 is 40.0 Å². The number of fused-ring (bicyclic) bond motifs is 1. The first-order valence-electron chi connectivity index (χ1n) is 9.10. The molecule has 6 nitrogen and oxygen atoms in total. The summed E-state index contributed by atoms with van der Waals surface area (Å²) in [6, 6.07) is 11.2. The number of rotatable bonds is 3. The second-order valence-electron chi connectivity index (χ2n) is 6.86. The number of aromatic nitrogens is 2. The molecule has 1 aromatic heterocycles. The van der Waals surface area contributed by atoms with Crippen molar-refractivity contribution in [3.63, 3.8) is 0 Å². The standard InChI is InChI=1S/C20H16ClF3N4O2/c21-13-2-1-3-14(11-13)27-6-8-28(9-7-27)17-15-10-12(18(29)30)4-5-16(15)25-19(26-17)20(22,23)24/h1-5,10-11H,6-9H2,(H,29,30). The zero-order valence-electron chi connectivity index (χ0n) is 15.5. The third kappa shape index (κ3) is 3.97. The van der Waals surface area contributed by atoms with Crippen LogP contribution in [0.4, 0.5) is 24.7 Å². The molecule has 1 saturated heterocycles. The Balaban J connectivity index is 1.70. The minimum atomic E-state index is -4.71. The Kier molecular flexibility index (Phi) is 5.15. The summed E-state index contributed by atoms with van der Waals surface area (Å²) in [5.74, 6) is -2.33. The molecule has 2 aromatic carbocycles. The molecule has 4 rings (SSSR count). The monoisotopic (exact) mass is 436 g/mol. The van der Waals surface area contributed by atoms with E-state index in [0.29, 0.717) is 31.2 Å². The molecule has 0 bridgehead atoms. The number of alkyl halides is 3. The summed E-state index contributed by atoms with van der Waals surface area (Å²) in [6.07, 6.45) is -4.71. The number of piperazine rings is 1. The van der Waals surface area contributed by atoms with Gasteiger partial charge in [0.15, 0.2) is 0 Å². The molecule has 1 fully saturated rings. The van der Waals surface area contributed by atoms with E-state index in [4.69, 9.17) is 11.6 Å². The summed E-state index contributed by atoms with van der Waals surface area (Å²) in [7, 11) is 0. The van der Waals surface area contributed by atoms with Crippen molar-refractivity contribution in [1.82, 2.24) is 9.97 Å². The molecule has 0 atom stereocenters. The molecule has 0 spiro atoms. The van der Waals surface area contributed by atoms with Crippen LogP contribution in [0.3, 0.4) is 0 Å². The van der Waals surface area contributed by atoms with Gasteiger partial charge in [-0.3, -0.25) is 0 Å². The summed E-state index contributed by atoms with van der Waals surface area (Å²) < 4.78 is 40.0. The zero-order valence-corrected chi connectivity index (χ0v) is 16.3. The average Bonchev–Trinajstić information content (AvgIpc) is 2.72. The topological polar surface area (TPSA) is 69.6 Å². The third-order valence-corrected chi connectivity index (χ3v) is 5.16. The summed E-state index contributed by atoms with van der Waals surface area (Å²) in [6.45, 7) is 1.91. The number of carboxylic acid groups (broad SMARTS) is 1. The summed E-state index contributed by atoms with van der Waals surface area (Å²) in [5, 5.41) is 10.1. The van der Waals surface area contributed by atoms with Crippen molar-refractivity contribution in [3.05, 3.63) is 58.9 Å². The predicted molar refractivity (Wildman–Crippen MR) is 107 cm³/mol. The second kappa shape index (κ2) is 7.64. The first kappa shape index (κ1) is 20.2. The first-order chi connectivity index (χ1) is 14.2. The summed E-state index contributed by atoms with van der Waals surface area (Å²) in [4.78, 5) is 22.5. The highest BCUT2D eigenvalue weighted by molar-refractivity contribution is 6.30. The zero-order chi connectivity index (χ0) is 21.5. The van der Waals surface area contributed by atoms with Gasteiger partial charge in [0.25, 0.3) is 0 Å². The van der Waals surface area contributed by atoms with Crippen LogP contribution in [0.1, 0.15) is 16.2 Å². The highest BCUT2D eigenvalue weighted by Gasteiger charge is 2.36. The fourth-order valence-corrected chi connectivity index (χ4v) is 3.65. The number of hydrogen-bond acceptors (Lipinski definition) is 5. The Hall–Kier alpha value is -3.07. The Morgan fingerprint density at radius 2 is 1.70 bits per heavy atom. The number of hydrogen-bond donors (Lipinski definition) is 1. The first-order valence-corrected chi connectivity index (χ1v) is 9.48. The van der Waals surface area contributed by atoms with Crippen molar-refractivity contribution in [1.29, 1.82) is 0 Å². The van der Waals surface area contributed by atoms with E-state index in [1.165, 1.54) is 18.2 Å². The molecule has 30 heavy (non-hydrogen) atoms. The van der Waals surface area contributed by atoms with Gasteiger partial charge < -0.3 is 14.9 Å². The molecule has 1 N–H and O–H groups in total. The number of carboxylic acids is 1. The Morgan fingerprint density at radius 3 is 2.33 bits per heavy atom. The Labute approximate surface area is 174 Å². The fraction of sp³-hybridized carbons (Fsp3) is 0.250. The van der Waals surface area contributed by atoms with Gasteiger partial charge in [0.05, 0.1) is 11.1 Å². The molecule has 0 radical (unpaired) electrons. The molecule has 0 unspecified atom stereocenters. The van der Waals surface area contributed by atoms with Gasteiger partial charge in [-0.05, 0) is 36.4 Å². The SMILES string of the molecule is O=C(O)c1ccc2nc(C(F)(F)F)nc(N3CCN(c4cccc(Cl)c4)CC3)c2c1. The fourth-order valence-electron chi connectivity index (χ4n) is 3.46. The summed E-state index contributed by atoms with van der Waals surface area (Å²) >= 11 is 6.05. The molecule has 0 aliphatic carbocycles. The number of carbonyl (C=O) groups is 1. The van der Waals surface area contributed by atoms with Crippen LogP contribution >= 0.6 is 11.6 Å². The van der Waals surface area contributed by atoms with E-state index in [9.17, 15) is 23.1 Å². The van der Waals surface area contributed by atoms with E-state index < -0.39 is 18.0 Å². The lowest BCUT2D eigenvalue weighted by atomic mass is 10.1. The Bertz CT molecular complexity index is 1110. The molecule has 1 aliphatic rings. The highest BCUT2D eigenvalue weighted by Crippen LogP contribution is 2.33. The number of halogens is 4. The normalized spacial score (nSPS) is 14.9. The average molecular weight is 437 g/mol. The van der Waals surface area contributed by atoms with Crippen molar-refractivity contribution in [2.75, 3.05) is 36.0 Å². The van der Waals surface area contributed by atoms with Crippen LogP contribution in [0.15, 0.2) is 42.5 Å². The lowest BCUT2D eigenvalue weighted by Crippen LogP contribution is -2.47. The maximum Gasteiger partial charge on any atom is 0.451 e. The lowest BCUT2D eigenvalue weighted by molar-refractivity contribution is -0.144. The Morgan fingerprint density at radius 1 is 1.00 bits per heavy atom. The van der Waals surface area contributed by atoms with E-state index in [1.54, 1.807) is 11.0 Å². The molecule has 0 amide bonds. The predicted octanol–water partition coefficient (Wildman–Crippen LogP) is 4.33. The van der Waals surface area contributed by atoms with Crippen LogP contribution in [0, 0.1) is 0 Å².